The second-order valence-corrected chi connectivity index (χ2v) is 9.20. The Hall–Kier alpha value is -2.17. The molecule has 4 rings (SSSR count). The van der Waals surface area contributed by atoms with Gasteiger partial charge in [0, 0.05) is 17.0 Å². The Morgan fingerprint density at radius 2 is 1.85 bits per heavy atom. The number of carbonyl (C=O) groups excluding carboxylic acids is 2. The molecule has 5 heteroatoms. The number of nitrogens with one attached hydrogen (secondary N) is 2. The van der Waals surface area contributed by atoms with Crippen molar-refractivity contribution in [1.82, 2.24) is 15.3 Å². The molecule has 0 bridgehead atoms. The third-order valence-corrected chi connectivity index (χ3v) is 5.97. The maximum Gasteiger partial charge on any atom is 0.270 e. The van der Waals surface area contributed by atoms with Gasteiger partial charge in [-0.1, -0.05) is 40.5 Å². The van der Waals surface area contributed by atoms with E-state index in [1.165, 1.54) is 12.8 Å². The van der Waals surface area contributed by atoms with E-state index in [0.29, 0.717) is 11.4 Å². The largest absolute Gasteiger partial charge is 0.351 e. The first kappa shape index (κ1) is 17.3. The first-order valence-electron chi connectivity index (χ1n) is 9.58. The number of rotatable bonds is 2. The van der Waals surface area contributed by atoms with E-state index < -0.39 is 5.41 Å². The highest BCUT2D eigenvalue weighted by atomic mass is 16.2. The number of nitrogens with zero attached hydrogens (tertiary/aromatic N) is 1. The quantitative estimate of drug-likeness (QED) is 0.852. The summed E-state index contributed by atoms with van der Waals surface area (Å²) >= 11 is 0. The van der Waals surface area contributed by atoms with Gasteiger partial charge in [-0.3, -0.25) is 9.59 Å². The summed E-state index contributed by atoms with van der Waals surface area (Å²) in [6.07, 6.45) is 5.21. The summed E-state index contributed by atoms with van der Waals surface area (Å²) in [5.41, 5.74) is 3.03. The van der Waals surface area contributed by atoms with E-state index in [2.05, 4.69) is 29.1 Å². The Morgan fingerprint density at radius 3 is 2.54 bits per heavy atom. The van der Waals surface area contributed by atoms with Crippen molar-refractivity contribution in [2.45, 2.75) is 71.3 Å². The second kappa shape index (κ2) is 5.66. The molecule has 2 N–H and O–H groups in total. The Morgan fingerprint density at radius 1 is 1.15 bits per heavy atom. The lowest BCUT2D eigenvalue weighted by Crippen LogP contribution is -2.39. The first-order valence-corrected chi connectivity index (χ1v) is 9.58. The lowest BCUT2D eigenvalue weighted by molar-refractivity contribution is 0.0759. The van der Waals surface area contributed by atoms with Crippen molar-refractivity contribution in [1.29, 1.82) is 0 Å². The van der Waals surface area contributed by atoms with E-state index >= 15 is 0 Å². The monoisotopic (exact) mass is 353 g/mol. The van der Waals surface area contributed by atoms with Gasteiger partial charge in [-0.2, -0.15) is 0 Å². The summed E-state index contributed by atoms with van der Waals surface area (Å²) in [7, 11) is 0. The molecule has 5 nitrogen and oxygen atoms in total. The molecule has 0 aliphatic heterocycles. The van der Waals surface area contributed by atoms with Crippen LogP contribution in [0.3, 0.4) is 0 Å². The lowest BCUT2D eigenvalue weighted by atomic mass is 9.63. The van der Waals surface area contributed by atoms with Crippen LogP contribution in [0.15, 0.2) is 12.1 Å². The van der Waals surface area contributed by atoms with Gasteiger partial charge in [0.15, 0.2) is 5.78 Å². The highest BCUT2D eigenvalue weighted by Crippen LogP contribution is 2.47. The summed E-state index contributed by atoms with van der Waals surface area (Å²) in [6, 6.07) is 3.89. The number of hydrogen-bond acceptors (Lipinski definition) is 3. The molecule has 1 fully saturated rings. The lowest BCUT2D eigenvalue weighted by Gasteiger charge is -2.39. The van der Waals surface area contributed by atoms with Gasteiger partial charge in [0.1, 0.15) is 5.69 Å². The number of H-pyrrole nitrogens is 1. The summed E-state index contributed by atoms with van der Waals surface area (Å²) in [5, 5.41) is 3.10. The van der Waals surface area contributed by atoms with Crippen molar-refractivity contribution in [3.63, 3.8) is 0 Å². The van der Waals surface area contributed by atoms with Gasteiger partial charge in [-0.05, 0) is 36.8 Å². The molecule has 2 aliphatic rings. The maximum atomic E-state index is 12.9. The van der Waals surface area contributed by atoms with Crippen LogP contribution in [0.4, 0.5) is 0 Å². The van der Waals surface area contributed by atoms with Crippen molar-refractivity contribution in [2.24, 2.45) is 5.41 Å². The number of hydrogen-bond donors (Lipinski definition) is 2. The molecule has 26 heavy (non-hydrogen) atoms. The predicted octanol–water partition coefficient (Wildman–Crippen LogP) is 4.13. The summed E-state index contributed by atoms with van der Waals surface area (Å²) in [5.74, 6) is 0.0100. The summed E-state index contributed by atoms with van der Waals surface area (Å²) in [4.78, 5) is 33.5. The van der Waals surface area contributed by atoms with Crippen LogP contribution in [0.5, 0.6) is 0 Å². The van der Waals surface area contributed by atoms with Crippen LogP contribution in [0, 0.1) is 5.41 Å². The Balaban J connectivity index is 1.77. The minimum absolute atomic E-state index is 0.117. The third-order valence-electron chi connectivity index (χ3n) is 5.97. The zero-order valence-corrected chi connectivity index (χ0v) is 16.0. The van der Waals surface area contributed by atoms with Crippen molar-refractivity contribution >= 4 is 22.7 Å². The van der Waals surface area contributed by atoms with Gasteiger partial charge in [0.05, 0.1) is 16.7 Å². The van der Waals surface area contributed by atoms with Crippen LogP contribution in [0.25, 0.3) is 11.0 Å². The van der Waals surface area contributed by atoms with Crippen molar-refractivity contribution in [3.8, 4) is 0 Å². The molecule has 2 aromatic rings. The molecule has 2 aromatic heterocycles. The number of fused-ring (bicyclic) bond motifs is 3. The van der Waals surface area contributed by atoms with Gasteiger partial charge >= 0.3 is 0 Å². The number of aromatic nitrogens is 2. The molecule has 2 heterocycles. The van der Waals surface area contributed by atoms with Gasteiger partial charge in [0.2, 0.25) is 0 Å². The standard InChI is InChI=1S/C21H27N3O2/c1-20(2)11-21(3,4)18(25)17-15(20)16-13(23-17)9-10-14(24-16)19(26)22-12-7-5-6-8-12/h9-10,12,23H,5-8,11H2,1-4H3,(H,22,26). The van der Waals surface area contributed by atoms with E-state index in [9.17, 15) is 9.59 Å². The Kier molecular flexibility index (Phi) is 3.76. The molecular formula is C21H27N3O2. The van der Waals surface area contributed by atoms with E-state index in [4.69, 9.17) is 0 Å². The van der Waals surface area contributed by atoms with Crippen LogP contribution in [-0.2, 0) is 5.41 Å². The average molecular weight is 353 g/mol. The summed E-state index contributed by atoms with van der Waals surface area (Å²) in [6.45, 7) is 8.30. The van der Waals surface area contributed by atoms with Crippen molar-refractivity contribution < 1.29 is 9.59 Å². The minimum atomic E-state index is -0.403. The predicted molar refractivity (Wildman–Crippen MR) is 102 cm³/mol. The molecular weight excluding hydrogens is 326 g/mol. The number of amides is 1. The molecule has 0 radical (unpaired) electrons. The molecule has 1 saturated carbocycles. The second-order valence-electron chi connectivity index (χ2n) is 9.20. The minimum Gasteiger partial charge on any atom is -0.351 e. The van der Waals surface area contributed by atoms with E-state index in [-0.39, 0.29) is 23.1 Å². The summed E-state index contributed by atoms with van der Waals surface area (Å²) < 4.78 is 0. The number of aromatic amines is 1. The number of Topliss-reactive ketones (excluding diaryl/α,β-unsaturated/α-hetero) is 1. The van der Waals surface area contributed by atoms with Crippen LogP contribution < -0.4 is 5.32 Å². The SMILES string of the molecule is CC1(C)CC(C)(C)c2c([nH]c3ccc(C(=O)NC4CCCC4)nc23)C1=O. The number of ketones is 1. The average Bonchev–Trinajstić information content (AvgIpc) is 3.18. The zero-order chi connectivity index (χ0) is 18.7. The topological polar surface area (TPSA) is 74.8 Å². The molecule has 138 valence electrons. The Bertz CT molecular complexity index is 901. The zero-order valence-electron chi connectivity index (χ0n) is 16.0. The molecule has 0 unspecified atom stereocenters. The first-order chi connectivity index (χ1) is 12.2. The van der Waals surface area contributed by atoms with Crippen LogP contribution in [-0.4, -0.2) is 27.7 Å². The van der Waals surface area contributed by atoms with Gasteiger partial charge < -0.3 is 10.3 Å². The molecule has 0 spiro atoms. The smallest absolute Gasteiger partial charge is 0.270 e. The van der Waals surface area contributed by atoms with Crippen molar-refractivity contribution in [2.75, 3.05) is 0 Å². The molecule has 0 aromatic carbocycles. The fourth-order valence-electron chi connectivity index (χ4n) is 4.96. The van der Waals surface area contributed by atoms with E-state index in [0.717, 1.165) is 35.9 Å². The van der Waals surface area contributed by atoms with Gasteiger partial charge in [-0.15, -0.1) is 0 Å². The van der Waals surface area contributed by atoms with Crippen molar-refractivity contribution in [3.05, 3.63) is 29.1 Å². The van der Waals surface area contributed by atoms with Crippen LogP contribution >= 0.6 is 0 Å². The highest BCUT2D eigenvalue weighted by molar-refractivity contribution is 6.06. The third kappa shape index (κ3) is 2.65. The normalized spacial score (nSPS) is 21.8. The molecule has 0 atom stereocenters. The highest BCUT2D eigenvalue weighted by Gasteiger charge is 2.46. The molecule has 1 amide bonds. The van der Waals surface area contributed by atoms with E-state index in [1.54, 1.807) is 6.07 Å². The van der Waals surface area contributed by atoms with Crippen LogP contribution in [0.1, 0.15) is 86.3 Å². The number of carbonyl (C=O) groups is 2. The van der Waals surface area contributed by atoms with Crippen LogP contribution in [0.2, 0.25) is 0 Å². The fraction of sp³-hybridized carbons (Fsp3) is 0.571. The van der Waals surface area contributed by atoms with Gasteiger partial charge in [0.25, 0.3) is 5.91 Å². The maximum absolute atomic E-state index is 12.9. The van der Waals surface area contributed by atoms with E-state index in [1.807, 2.05) is 19.9 Å². The Labute approximate surface area is 154 Å². The fourth-order valence-corrected chi connectivity index (χ4v) is 4.96. The molecule has 0 saturated heterocycles. The molecule has 2 aliphatic carbocycles. The number of pyridine rings is 1. The van der Waals surface area contributed by atoms with Gasteiger partial charge in [-0.25, -0.2) is 4.98 Å².